The van der Waals surface area contributed by atoms with Crippen LogP contribution in [0.3, 0.4) is 0 Å². The van der Waals surface area contributed by atoms with Crippen LogP contribution in [-0.2, 0) is 4.79 Å². The molecule has 2 aromatic carbocycles. The van der Waals surface area contributed by atoms with Gasteiger partial charge in [0, 0.05) is 30.9 Å². The van der Waals surface area contributed by atoms with Crippen LogP contribution >= 0.6 is 24.0 Å². The Bertz CT molecular complexity index is 1050. The highest BCUT2D eigenvalue weighted by molar-refractivity contribution is 8.27. The molecule has 148 valence electrons. The fourth-order valence-electron chi connectivity index (χ4n) is 3.57. The number of nitro benzene ring substituents is 1. The van der Waals surface area contributed by atoms with Crippen LogP contribution in [0.25, 0.3) is 6.08 Å². The summed E-state index contributed by atoms with van der Waals surface area (Å²) in [6, 6.07) is 12.2. The van der Waals surface area contributed by atoms with Crippen LogP contribution < -0.4 is 9.80 Å². The number of non-ortho nitro benzene ring substituents is 1. The Morgan fingerprint density at radius 1 is 1.14 bits per heavy atom. The van der Waals surface area contributed by atoms with E-state index in [0.29, 0.717) is 14.9 Å². The lowest BCUT2D eigenvalue weighted by Crippen LogP contribution is -2.27. The van der Waals surface area contributed by atoms with E-state index in [9.17, 15) is 14.9 Å². The third-order valence-corrected chi connectivity index (χ3v) is 6.41. The number of aryl methyl sites for hydroxylation is 1. The summed E-state index contributed by atoms with van der Waals surface area (Å²) in [6.07, 6.45) is 4.29. The van der Waals surface area contributed by atoms with Crippen molar-refractivity contribution in [3.05, 3.63) is 68.6 Å². The number of carbonyl (C=O) groups excluding carboxylic acids is 1. The van der Waals surface area contributed by atoms with Gasteiger partial charge in [-0.3, -0.25) is 19.8 Å². The lowest BCUT2D eigenvalue weighted by atomic mass is 10.1. The third kappa shape index (κ3) is 3.90. The highest BCUT2D eigenvalue weighted by Gasteiger charge is 2.34. The SMILES string of the molecule is Cc1cc(N2CCCC2)ccc1/C=C1\SC(=S)N(c2cccc([N+](=O)[O-])c2)C1=O. The maximum atomic E-state index is 13.0. The van der Waals surface area contributed by atoms with Crippen molar-refractivity contribution < 1.29 is 9.72 Å². The van der Waals surface area contributed by atoms with Gasteiger partial charge < -0.3 is 4.90 Å². The molecule has 8 heteroatoms. The predicted molar refractivity (Wildman–Crippen MR) is 121 cm³/mol. The molecule has 2 aliphatic heterocycles. The van der Waals surface area contributed by atoms with Crippen molar-refractivity contribution in [2.45, 2.75) is 19.8 Å². The Labute approximate surface area is 178 Å². The summed E-state index contributed by atoms with van der Waals surface area (Å²) in [5.41, 5.74) is 3.60. The molecular formula is C21H19N3O3S2. The Hall–Kier alpha value is -2.71. The monoisotopic (exact) mass is 425 g/mol. The number of nitro groups is 1. The van der Waals surface area contributed by atoms with Crippen molar-refractivity contribution in [2.75, 3.05) is 22.9 Å². The molecule has 4 rings (SSSR count). The van der Waals surface area contributed by atoms with E-state index in [-0.39, 0.29) is 11.6 Å². The number of anilines is 2. The molecule has 2 heterocycles. The second-order valence-corrected chi connectivity index (χ2v) is 8.70. The van der Waals surface area contributed by atoms with E-state index in [0.717, 1.165) is 24.2 Å². The Kier molecular flexibility index (Phi) is 5.38. The van der Waals surface area contributed by atoms with E-state index in [4.69, 9.17) is 12.2 Å². The minimum absolute atomic E-state index is 0.0751. The number of nitrogens with zero attached hydrogens (tertiary/aromatic N) is 3. The zero-order valence-electron chi connectivity index (χ0n) is 15.8. The summed E-state index contributed by atoms with van der Waals surface area (Å²) in [5, 5.41) is 11.0. The van der Waals surface area contributed by atoms with Gasteiger partial charge in [-0.1, -0.05) is 36.1 Å². The standard InChI is InChI=1S/C21H19N3O3S2/c1-14-11-16(22-9-2-3-10-22)8-7-15(14)12-19-20(25)23(21(28)29-19)17-5-4-6-18(13-17)24(26)27/h4-8,11-13H,2-3,9-10H2,1H3/b19-12-. The first-order chi connectivity index (χ1) is 13.9. The minimum atomic E-state index is -0.484. The molecule has 0 unspecified atom stereocenters. The van der Waals surface area contributed by atoms with Gasteiger partial charge >= 0.3 is 0 Å². The molecule has 0 radical (unpaired) electrons. The molecule has 29 heavy (non-hydrogen) atoms. The van der Waals surface area contributed by atoms with Crippen molar-refractivity contribution in [3.8, 4) is 0 Å². The number of thiocarbonyl (C=S) groups is 1. The minimum Gasteiger partial charge on any atom is -0.372 e. The van der Waals surface area contributed by atoms with E-state index in [1.54, 1.807) is 12.1 Å². The number of rotatable bonds is 4. The van der Waals surface area contributed by atoms with E-state index >= 15 is 0 Å². The van der Waals surface area contributed by atoms with Crippen LogP contribution in [0.5, 0.6) is 0 Å². The highest BCUT2D eigenvalue weighted by atomic mass is 32.2. The average molecular weight is 426 g/mol. The van der Waals surface area contributed by atoms with Crippen LogP contribution in [-0.4, -0.2) is 28.2 Å². The highest BCUT2D eigenvalue weighted by Crippen LogP contribution is 2.37. The van der Waals surface area contributed by atoms with Gasteiger partial charge in [0.15, 0.2) is 4.32 Å². The molecule has 0 spiro atoms. The van der Waals surface area contributed by atoms with Crippen LogP contribution in [0, 0.1) is 17.0 Å². The van der Waals surface area contributed by atoms with Gasteiger partial charge in [0.2, 0.25) is 0 Å². The smallest absolute Gasteiger partial charge is 0.271 e. The number of carbonyl (C=O) groups is 1. The molecule has 1 amide bonds. The lowest BCUT2D eigenvalue weighted by Gasteiger charge is -2.18. The molecular weight excluding hydrogens is 406 g/mol. The number of amides is 1. The molecule has 0 bridgehead atoms. The van der Waals surface area contributed by atoms with Gasteiger partial charge in [-0.25, -0.2) is 0 Å². The fraction of sp³-hybridized carbons (Fsp3) is 0.238. The predicted octanol–water partition coefficient (Wildman–Crippen LogP) is 4.91. The topological polar surface area (TPSA) is 66.7 Å². The molecule has 2 aromatic rings. The van der Waals surface area contributed by atoms with Gasteiger partial charge in [0.1, 0.15) is 0 Å². The quantitative estimate of drug-likeness (QED) is 0.300. The fourth-order valence-corrected chi connectivity index (χ4v) is 4.86. The molecule has 2 saturated heterocycles. The van der Waals surface area contributed by atoms with Crippen LogP contribution in [0.15, 0.2) is 47.4 Å². The van der Waals surface area contributed by atoms with Crippen molar-refractivity contribution >= 4 is 57.3 Å². The van der Waals surface area contributed by atoms with Gasteiger partial charge in [-0.05, 0) is 55.2 Å². The van der Waals surface area contributed by atoms with Crippen molar-refractivity contribution in [3.63, 3.8) is 0 Å². The Morgan fingerprint density at radius 3 is 2.59 bits per heavy atom. The lowest BCUT2D eigenvalue weighted by molar-refractivity contribution is -0.384. The molecule has 2 fully saturated rings. The van der Waals surface area contributed by atoms with Crippen molar-refractivity contribution in [1.29, 1.82) is 0 Å². The molecule has 0 saturated carbocycles. The second kappa shape index (κ2) is 7.96. The summed E-state index contributed by atoms with van der Waals surface area (Å²) in [5.74, 6) is -0.261. The summed E-state index contributed by atoms with van der Waals surface area (Å²) in [6.45, 7) is 4.20. The van der Waals surface area contributed by atoms with Crippen LogP contribution in [0.1, 0.15) is 24.0 Å². The maximum absolute atomic E-state index is 13.0. The zero-order chi connectivity index (χ0) is 20.5. The first-order valence-electron chi connectivity index (χ1n) is 9.32. The number of thioether (sulfide) groups is 1. The van der Waals surface area contributed by atoms with E-state index in [2.05, 4.69) is 17.0 Å². The van der Waals surface area contributed by atoms with Gasteiger partial charge in [-0.15, -0.1) is 0 Å². The number of hydrogen-bond donors (Lipinski definition) is 0. The number of benzene rings is 2. The maximum Gasteiger partial charge on any atom is 0.271 e. The normalized spacial score (nSPS) is 18.2. The Morgan fingerprint density at radius 2 is 1.90 bits per heavy atom. The summed E-state index contributed by atoms with van der Waals surface area (Å²) < 4.78 is 0.369. The molecule has 6 nitrogen and oxygen atoms in total. The summed E-state index contributed by atoms with van der Waals surface area (Å²) in [7, 11) is 0. The van der Waals surface area contributed by atoms with E-state index < -0.39 is 4.92 Å². The molecule has 0 aliphatic carbocycles. The van der Waals surface area contributed by atoms with Crippen LogP contribution in [0.4, 0.5) is 17.1 Å². The molecule has 0 aromatic heterocycles. The molecule has 0 atom stereocenters. The second-order valence-electron chi connectivity index (χ2n) is 7.03. The van der Waals surface area contributed by atoms with E-state index in [1.807, 2.05) is 19.1 Å². The van der Waals surface area contributed by atoms with Gasteiger partial charge in [0.05, 0.1) is 15.5 Å². The molecule has 0 N–H and O–H groups in total. The largest absolute Gasteiger partial charge is 0.372 e. The summed E-state index contributed by atoms with van der Waals surface area (Å²) in [4.78, 5) is 27.8. The Balaban J connectivity index is 1.61. The van der Waals surface area contributed by atoms with Crippen molar-refractivity contribution in [2.24, 2.45) is 0 Å². The first kappa shape index (κ1) is 19.6. The van der Waals surface area contributed by atoms with Gasteiger partial charge in [-0.2, -0.15) is 0 Å². The van der Waals surface area contributed by atoms with E-state index in [1.165, 1.54) is 47.3 Å². The van der Waals surface area contributed by atoms with Crippen LogP contribution in [0.2, 0.25) is 0 Å². The van der Waals surface area contributed by atoms with Crippen molar-refractivity contribution in [1.82, 2.24) is 0 Å². The third-order valence-electron chi connectivity index (χ3n) is 5.10. The number of hydrogen-bond acceptors (Lipinski definition) is 6. The zero-order valence-corrected chi connectivity index (χ0v) is 17.5. The van der Waals surface area contributed by atoms with Gasteiger partial charge in [0.25, 0.3) is 11.6 Å². The summed E-state index contributed by atoms with van der Waals surface area (Å²) >= 11 is 6.59. The molecule has 2 aliphatic rings. The average Bonchev–Trinajstić information content (AvgIpc) is 3.32. The first-order valence-corrected chi connectivity index (χ1v) is 10.5.